The van der Waals surface area contributed by atoms with Crippen LogP contribution in [0.25, 0.3) is 0 Å². The fraction of sp³-hybridized carbons (Fsp3) is 0.611. The third-order valence-corrected chi connectivity index (χ3v) is 4.36. The van der Waals surface area contributed by atoms with Gasteiger partial charge in [0, 0.05) is 5.54 Å². The molecule has 3 atom stereocenters. The summed E-state index contributed by atoms with van der Waals surface area (Å²) in [5.41, 5.74) is -0.530. The Morgan fingerprint density at radius 2 is 1.67 bits per heavy atom. The van der Waals surface area contributed by atoms with Crippen LogP contribution >= 0.6 is 0 Å². The van der Waals surface area contributed by atoms with Crippen molar-refractivity contribution < 1.29 is 28.7 Å². The Morgan fingerprint density at radius 1 is 1.15 bits per heavy atom. The third kappa shape index (κ3) is 4.93. The number of hydrogen-bond acceptors (Lipinski definition) is 6. The fourth-order valence-electron chi connectivity index (χ4n) is 3.10. The number of ether oxygens (including phenoxy) is 1. The van der Waals surface area contributed by atoms with E-state index in [4.69, 9.17) is 4.74 Å². The van der Waals surface area contributed by atoms with Crippen molar-refractivity contribution in [1.29, 1.82) is 0 Å². The first-order valence-electron chi connectivity index (χ1n) is 8.82. The van der Waals surface area contributed by atoms with Crippen molar-refractivity contribution in [3.8, 4) is 0 Å². The molecule has 0 radical (unpaired) electrons. The van der Waals surface area contributed by atoms with E-state index in [1.807, 2.05) is 17.5 Å². The zero-order chi connectivity index (χ0) is 20.4. The van der Waals surface area contributed by atoms with Gasteiger partial charge in [-0.2, -0.15) is 0 Å². The zero-order valence-corrected chi connectivity index (χ0v) is 15.9. The summed E-state index contributed by atoms with van der Waals surface area (Å²) < 4.78 is 4.87. The number of carbonyl (C=O) groups excluding carboxylic acids is 5. The Bertz CT molecular complexity index is 668. The minimum Gasteiger partial charge on any atom is -0.454 e. The topological polar surface area (TPSA) is 122 Å². The van der Waals surface area contributed by atoms with Crippen LogP contribution in [0, 0.1) is 11.8 Å². The first kappa shape index (κ1) is 20.6. The van der Waals surface area contributed by atoms with E-state index in [2.05, 4.69) is 5.32 Å². The van der Waals surface area contributed by atoms with E-state index in [-0.39, 0.29) is 0 Å². The number of esters is 1. The lowest BCUT2D eigenvalue weighted by molar-refractivity contribution is -0.159. The molecule has 1 aliphatic carbocycles. The minimum atomic E-state index is -1.13. The normalized spacial score (nSPS) is 22.9. The molecule has 9 nitrogen and oxygen atoms in total. The lowest BCUT2D eigenvalue weighted by Gasteiger charge is -2.22. The smallest absolute Gasteiger partial charge is 0.329 e. The summed E-state index contributed by atoms with van der Waals surface area (Å²) in [6, 6.07) is -1.84. The monoisotopic (exact) mass is 379 g/mol. The molecular weight excluding hydrogens is 354 g/mol. The molecule has 1 heterocycles. The van der Waals surface area contributed by atoms with E-state index in [0.717, 1.165) is 4.90 Å². The summed E-state index contributed by atoms with van der Waals surface area (Å²) in [4.78, 5) is 61.3. The molecule has 1 aliphatic heterocycles. The number of fused-ring (bicyclic) bond motifs is 1. The van der Waals surface area contributed by atoms with Crippen LogP contribution in [-0.2, 0) is 23.9 Å². The van der Waals surface area contributed by atoms with Gasteiger partial charge >= 0.3 is 12.0 Å². The Balaban J connectivity index is 1.87. The van der Waals surface area contributed by atoms with E-state index < -0.39 is 59.7 Å². The van der Waals surface area contributed by atoms with Gasteiger partial charge in [0.1, 0.15) is 6.04 Å². The number of hydrogen-bond donors (Lipinski definition) is 2. The molecule has 2 aliphatic rings. The Labute approximate surface area is 157 Å². The van der Waals surface area contributed by atoms with Gasteiger partial charge in [-0.3, -0.25) is 24.6 Å². The lowest BCUT2D eigenvalue weighted by atomic mass is 9.85. The fourth-order valence-corrected chi connectivity index (χ4v) is 3.10. The molecule has 0 unspecified atom stereocenters. The van der Waals surface area contributed by atoms with Crippen molar-refractivity contribution in [3.63, 3.8) is 0 Å². The van der Waals surface area contributed by atoms with Gasteiger partial charge in [0.15, 0.2) is 6.61 Å². The maximum atomic E-state index is 12.4. The SMILES string of the molecule is C[C@@H](C(=O)OCC(=O)NC(=O)NC(C)(C)C)N1C(=O)[C@H]2CC=CC[C@H]2C1=O. The maximum absolute atomic E-state index is 12.4. The molecule has 0 aromatic rings. The number of rotatable bonds is 4. The molecule has 27 heavy (non-hydrogen) atoms. The van der Waals surface area contributed by atoms with E-state index in [0.29, 0.717) is 12.8 Å². The summed E-state index contributed by atoms with van der Waals surface area (Å²) in [6.07, 6.45) is 4.65. The van der Waals surface area contributed by atoms with Crippen LogP contribution in [0.3, 0.4) is 0 Å². The summed E-state index contributed by atoms with van der Waals surface area (Å²) in [7, 11) is 0. The van der Waals surface area contributed by atoms with Crippen LogP contribution in [-0.4, -0.2) is 52.8 Å². The van der Waals surface area contributed by atoms with Gasteiger partial charge in [0.05, 0.1) is 11.8 Å². The second-order valence-electron chi connectivity index (χ2n) is 7.74. The molecule has 0 aromatic heterocycles. The van der Waals surface area contributed by atoms with Crippen LogP contribution in [0.1, 0.15) is 40.5 Å². The van der Waals surface area contributed by atoms with E-state index in [1.165, 1.54) is 6.92 Å². The minimum absolute atomic E-state index is 0.396. The number of urea groups is 1. The number of allylic oxidation sites excluding steroid dienone is 2. The molecule has 2 N–H and O–H groups in total. The molecule has 2 rings (SSSR count). The van der Waals surface area contributed by atoms with Crippen molar-refractivity contribution in [3.05, 3.63) is 12.2 Å². The summed E-state index contributed by atoms with van der Waals surface area (Å²) >= 11 is 0. The molecule has 9 heteroatoms. The van der Waals surface area contributed by atoms with Crippen molar-refractivity contribution in [1.82, 2.24) is 15.5 Å². The van der Waals surface area contributed by atoms with Gasteiger partial charge in [-0.1, -0.05) is 12.2 Å². The van der Waals surface area contributed by atoms with Crippen LogP contribution in [0.15, 0.2) is 12.2 Å². The van der Waals surface area contributed by atoms with E-state index >= 15 is 0 Å². The number of likely N-dealkylation sites (tertiary alicyclic amines) is 1. The van der Waals surface area contributed by atoms with Crippen LogP contribution in [0.4, 0.5) is 4.79 Å². The number of imide groups is 2. The molecule has 5 amide bonds. The summed E-state index contributed by atoms with van der Waals surface area (Å²) in [6.45, 7) is 5.93. The highest BCUT2D eigenvalue weighted by molar-refractivity contribution is 6.08. The average molecular weight is 379 g/mol. The number of nitrogens with zero attached hydrogens (tertiary/aromatic N) is 1. The summed E-state index contributed by atoms with van der Waals surface area (Å²) in [5.74, 6) is -3.37. The Morgan fingerprint density at radius 3 is 2.15 bits per heavy atom. The van der Waals surface area contributed by atoms with Crippen LogP contribution < -0.4 is 10.6 Å². The second kappa shape index (κ2) is 7.89. The molecule has 1 saturated heterocycles. The zero-order valence-electron chi connectivity index (χ0n) is 15.9. The van der Waals surface area contributed by atoms with Gasteiger partial charge in [-0.25, -0.2) is 9.59 Å². The highest BCUT2D eigenvalue weighted by Gasteiger charge is 2.50. The van der Waals surface area contributed by atoms with E-state index in [1.54, 1.807) is 20.8 Å². The van der Waals surface area contributed by atoms with Crippen molar-refractivity contribution in [2.75, 3.05) is 6.61 Å². The molecule has 0 spiro atoms. The Hall–Kier alpha value is -2.71. The number of carbonyl (C=O) groups is 5. The molecule has 0 bridgehead atoms. The number of nitrogens with one attached hydrogen (secondary N) is 2. The van der Waals surface area contributed by atoms with Crippen molar-refractivity contribution >= 4 is 29.7 Å². The van der Waals surface area contributed by atoms with Crippen LogP contribution in [0.2, 0.25) is 0 Å². The average Bonchev–Trinajstić information content (AvgIpc) is 2.82. The standard InChI is InChI=1S/C18H25N3O6/c1-10(21-14(23)11-7-5-6-8-12(11)15(21)24)16(25)27-9-13(22)19-17(26)20-18(2,3)4/h5-6,10-12H,7-9H2,1-4H3,(H2,19,20,22,26)/t10-,11-,12+/m0/s1. The molecule has 0 aromatic carbocycles. The van der Waals surface area contributed by atoms with Gasteiger partial charge in [0.25, 0.3) is 5.91 Å². The van der Waals surface area contributed by atoms with Crippen molar-refractivity contribution in [2.24, 2.45) is 11.8 Å². The largest absolute Gasteiger partial charge is 0.454 e. The first-order chi connectivity index (χ1) is 12.5. The molecular formula is C18H25N3O6. The predicted molar refractivity (Wildman–Crippen MR) is 94.1 cm³/mol. The second-order valence-corrected chi connectivity index (χ2v) is 7.74. The molecule has 1 fully saturated rings. The number of amides is 5. The maximum Gasteiger partial charge on any atom is 0.329 e. The van der Waals surface area contributed by atoms with Gasteiger partial charge in [-0.05, 0) is 40.5 Å². The van der Waals surface area contributed by atoms with Gasteiger partial charge < -0.3 is 10.1 Å². The van der Waals surface area contributed by atoms with Crippen LogP contribution in [0.5, 0.6) is 0 Å². The van der Waals surface area contributed by atoms with Crippen molar-refractivity contribution in [2.45, 2.75) is 52.1 Å². The van der Waals surface area contributed by atoms with Gasteiger partial charge in [-0.15, -0.1) is 0 Å². The van der Waals surface area contributed by atoms with E-state index in [9.17, 15) is 24.0 Å². The first-order valence-corrected chi connectivity index (χ1v) is 8.82. The molecule has 0 saturated carbocycles. The third-order valence-electron chi connectivity index (χ3n) is 4.36. The highest BCUT2D eigenvalue weighted by Crippen LogP contribution is 2.36. The van der Waals surface area contributed by atoms with Gasteiger partial charge in [0.2, 0.25) is 11.8 Å². The molecule has 148 valence electrons. The summed E-state index contributed by atoms with van der Waals surface area (Å²) in [5, 5.41) is 4.57. The predicted octanol–water partition coefficient (Wildman–Crippen LogP) is 0.494. The quantitative estimate of drug-likeness (QED) is 0.417. The Kier molecular flexibility index (Phi) is 6.02. The highest BCUT2D eigenvalue weighted by atomic mass is 16.5. The lowest BCUT2D eigenvalue weighted by Crippen LogP contribution is -2.49.